The molecule has 1 fully saturated rings. The van der Waals surface area contributed by atoms with Gasteiger partial charge in [-0.1, -0.05) is 30.3 Å². The van der Waals surface area contributed by atoms with Crippen molar-refractivity contribution >= 4 is 18.2 Å². The van der Waals surface area contributed by atoms with E-state index in [1.165, 1.54) is 15.8 Å². The first kappa shape index (κ1) is 25.3. The number of aliphatic hydroxyl groups is 1. The number of halogens is 1. The molecule has 1 aromatic carbocycles. The molecule has 3 aromatic rings. The molecule has 3 amide bonds. The van der Waals surface area contributed by atoms with E-state index >= 15 is 0 Å². The van der Waals surface area contributed by atoms with Crippen LogP contribution in [0.1, 0.15) is 39.8 Å². The molecule has 11 nitrogen and oxygen atoms in total. The third kappa shape index (κ3) is 4.82. The number of nitrogens with one attached hydrogen (secondary N) is 1. The Morgan fingerprint density at radius 2 is 1.97 bits per heavy atom. The molecule has 5 rings (SSSR count). The maximum absolute atomic E-state index is 14.6. The lowest BCUT2D eigenvalue weighted by atomic mass is 10.0. The zero-order valence-electron chi connectivity index (χ0n) is 21.0. The number of carbonyl (C=O) groups excluding carboxylic acids is 2. The lowest BCUT2D eigenvalue weighted by Crippen LogP contribution is -2.58. The highest BCUT2D eigenvalue weighted by molar-refractivity contribution is 5.96. The summed E-state index contributed by atoms with van der Waals surface area (Å²) in [5.74, 6) is -0.746. The summed E-state index contributed by atoms with van der Waals surface area (Å²) in [5.41, 5.74) is 2.36. The number of carbonyl (C=O) groups is 2. The van der Waals surface area contributed by atoms with Crippen LogP contribution < -0.4 is 10.1 Å². The van der Waals surface area contributed by atoms with E-state index in [0.717, 1.165) is 11.8 Å². The Kier molecular flexibility index (Phi) is 7.05. The number of aliphatic hydroxyl groups excluding tert-OH is 1. The lowest BCUT2D eigenvalue weighted by Gasteiger charge is -2.41. The molecule has 1 atom stereocenters. The Morgan fingerprint density at radius 3 is 2.71 bits per heavy atom. The van der Waals surface area contributed by atoms with Crippen LogP contribution in [0, 0.1) is 19.7 Å². The Labute approximate surface area is 218 Å². The zero-order valence-corrected chi connectivity index (χ0v) is 21.0. The standard InChI is InChI=1S/C26H28FN7O4/c1-16-24(25(36)28-10-11-35)17(2)33(31-16)23-12-22(20(27)13-29-23)38-19-14-32(15-19)26(37)34-21(8-9-30-34)18-6-4-3-5-7-18/h3-7,9,12-13,19,21,35H,8,10-11,14-15H2,1-2H3,(H,28,36)/t21-/m0/s1. The molecule has 0 bridgehead atoms. The number of pyridine rings is 1. The highest BCUT2D eigenvalue weighted by atomic mass is 19.1. The monoisotopic (exact) mass is 521 g/mol. The topological polar surface area (TPSA) is 125 Å². The number of rotatable bonds is 7. The van der Waals surface area contributed by atoms with Crippen molar-refractivity contribution in [2.75, 3.05) is 26.2 Å². The van der Waals surface area contributed by atoms with Crippen LogP contribution >= 0.6 is 0 Å². The van der Waals surface area contributed by atoms with E-state index in [1.54, 1.807) is 25.0 Å². The number of nitrogens with zero attached hydrogens (tertiary/aromatic N) is 6. The third-order valence-electron chi connectivity index (χ3n) is 6.56. The smallest absolute Gasteiger partial charge is 0.341 e. The second-order valence-electron chi connectivity index (χ2n) is 9.14. The summed E-state index contributed by atoms with van der Waals surface area (Å²) >= 11 is 0. The minimum atomic E-state index is -0.644. The molecular formula is C26H28FN7O4. The van der Waals surface area contributed by atoms with Crippen LogP contribution in [0.3, 0.4) is 0 Å². The number of hydrazone groups is 1. The molecule has 12 heteroatoms. The molecule has 0 saturated carbocycles. The Balaban J connectivity index is 1.25. The Bertz CT molecular complexity index is 1370. The van der Waals surface area contributed by atoms with Gasteiger partial charge in [-0.3, -0.25) is 4.79 Å². The predicted octanol–water partition coefficient (Wildman–Crippen LogP) is 2.36. The van der Waals surface area contributed by atoms with E-state index in [4.69, 9.17) is 9.84 Å². The zero-order chi connectivity index (χ0) is 26.8. The first-order valence-corrected chi connectivity index (χ1v) is 12.3. The van der Waals surface area contributed by atoms with Gasteiger partial charge in [-0.2, -0.15) is 10.2 Å². The number of amides is 3. The number of hydrogen-bond donors (Lipinski definition) is 2. The molecule has 38 heavy (non-hydrogen) atoms. The number of benzene rings is 1. The molecule has 2 aliphatic rings. The Morgan fingerprint density at radius 1 is 1.21 bits per heavy atom. The number of likely N-dealkylation sites (tertiary alicyclic amines) is 1. The van der Waals surface area contributed by atoms with Gasteiger partial charge in [-0.25, -0.2) is 23.9 Å². The van der Waals surface area contributed by atoms with Crippen LogP contribution in [0.4, 0.5) is 9.18 Å². The van der Waals surface area contributed by atoms with Gasteiger partial charge in [0.15, 0.2) is 17.4 Å². The van der Waals surface area contributed by atoms with Crippen molar-refractivity contribution in [3.63, 3.8) is 0 Å². The van der Waals surface area contributed by atoms with Crippen molar-refractivity contribution in [2.45, 2.75) is 32.4 Å². The summed E-state index contributed by atoms with van der Waals surface area (Å²) in [5, 5.41) is 21.7. The summed E-state index contributed by atoms with van der Waals surface area (Å²) in [6.07, 6.45) is 3.02. The fourth-order valence-corrected chi connectivity index (χ4v) is 4.61. The summed E-state index contributed by atoms with van der Waals surface area (Å²) in [4.78, 5) is 31.2. The van der Waals surface area contributed by atoms with Crippen LogP contribution in [0.15, 0.2) is 47.7 Å². The fourth-order valence-electron chi connectivity index (χ4n) is 4.61. The van der Waals surface area contributed by atoms with E-state index in [1.807, 2.05) is 30.3 Å². The van der Waals surface area contributed by atoms with E-state index in [-0.39, 0.29) is 42.7 Å². The number of hydrogen-bond acceptors (Lipinski definition) is 7. The van der Waals surface area contributed by atoms with Crippen LogP contribution in [-0.2, 0) is 0 Å². The normalized spacial score (nSPS) is 17.0. The fraction of sp³-hybridized carbons (Fsp3) is 0.346. The van der Waals surface area contributed by atoms with Crippen molar-refractivity contribution in [3.8, 4) is 11.6 Å². The van der Waals surface area contributed by atoms with Crippen LogP contribution in [0.5, 0.6) is 5.75 Å². The maximum atomic E-state index is 14.6. The molecule has 0 spiro atoms. The van der Waals surface area contributed by atoms with E-state index in [0.29, 0.717) is 36.5 Å². The number of aryl methyl sites for hydroxylation is 1. The molecule has 0 aliphatic carbocycles. The summed E-state index contributed by atoms with van der Waals surface area (Å²) in [6.45, 7) is 3.91. The molecule has 1 saturated heterocycles. The summed E-state index contributed by atoms with van der Waals surface area (Å²) < 4.78 is 21.9. The van der Waals surface area contributed by atoms with Crippen LogP contribution in [-0.4, -0.2) is 80.3 Å². The summed E-state index contributed by atoms with van der Waals surface area (Å²) in [6, 6.07) is 10.8. The maximum Gasteiger partial charge on any atom is 0.341 e. The van der Waals surface area contributed by atoms with Gasteiger partial charge < -0.3 is 20.1 Å². The molecule has 2 aromatic heterocycles. The second kappa shape index (κ2) is 10.6. The molecule has 0 radical (unpaired) electrons. The van der Waals surface area contributed by atoms with Gasteiger partial charge in [0.25, 0.3) is 5.91 Å². The summed E-state index contributed by atoms with van der Waals surface area (Å²) in [7, 11) is 0. The SMILES string of the molecule is Cc1nn(-c2cc(OC3CN(C(=O)N4N=CC[C@H]4c4ccccc4)C3)c(F)cn2)c(C)c1C(=O)NCCO. The highest BCUT2D eigenvalue weighted by Crippen LogP contribution is 2.31. The van der Waals surface area contributed by atoms with Crippen molar-refractivity contribution in [3.05, 3.63) is 70.9 Å². The van der Waals surface area contributed by atoms with Crippen LogP contribution in [0.25, 0.3) is 5.82 Å². The first-order valence-electron chi connectivity index (χ1n) is 12.3. The Hall–Kier alpha value is -4.32. The van der Waals surface area contributed by atoms with Gasteiger partial charge in [0.1, 0.15) is 6.10 Å². The molecule has 2 aliphatic heterocycles. The number of ether oxygens (including phenoxy) is 1. The minimum Gasteiger partial charge on any atom is -0.483 e. The van der Waals surface area contributed by atoms with E-state index in [9.17, 15) is 14.0 Å². The minimum absolute atomic E-state index is 0.0210. The van der Waals surface area contributed by atoms with Crippen molar-refractivity contribution in [1.29, 1.82) is 0 Å². The van der Waals surface area contributed by atoms with Gasteiger partial charge in [-0.15, -0.1) is 0 Å². The van der Waals surface area contributed by atoms with Gasteiger partial charge in [0.2, 0.25) is 0 Å². The third-order valence-corrected chi connectivity index (χ3v) is 6.56. The van der Waals surface area contributed by atoms with Crippen molar-refractivity contribution in [2.24, 2.45) is 5.10 Å². The number of aromatic nitrogens is 3. The largest absolute Gasteiger partial charge is 0.483 e. The van der Waals surface area contributed by atoms with Crippen molar-refractivity contribution < 1.29 is 23.8 Å². The van der Waals surface area contributed by atoms with Crippen molar-refractivity contribution in [1.82, 2.24) is 30.0 Å². The highest BCUT2D eigenvalue weighted by Gasteiger charge is 2.39. The predicted molar refractivity (Wildman–Crippen MR) is 136 cm³/mol. The number of urea groups is 1. The molecule has 198 valence electrons. The van der Waals surface area contributed by atoms with Crippen LogP contribution in [0.2, 0.25) is 0 Å². The van der Waals surface area contributed by atoms with Gasteiger partial charge in [0.05, 0.1) is 48.9 Å². The first-order chi connectivity index (χ1) is 18.4. The second-order valence-corrected chi connectivity index (χ2v) is 9.14. The lowest BCUT2D eigenvalue weighted by molar-refractivity contribution is 0.0256. The van der Waals surface area contributed by atoms with Gasteiger partial charge >= 0.3 is 6.03 Å². The van der Waals surface area contributed by atoms with E-state index < -0.39 is 11.9 Å². The average molecular weight is 522 g/mol. The molecule has 2 N–H and O–H groups in total. The average Bonchev–Trinajstić information content (AvgIpc) is 3.50. The quantitative estimate of drug-likeness (QED) is 0.492. The van der Waals surface area contributed by atoms with Gasteiger partial charge in [0, 0.05) is 25.2 Å². The molecule has 0 unspecified atom stereocenters. The van der Waals surface area contributed by atoms with Gasteiger partial charge in [-0.05, 0) is 19.4 Å². The van der Waals surface area contributed by atoms with E-state index in [2.05, 4.69) is 20.5 Å². The molecule has 4 heterocycles. The molecular weight excluding hydrogens is 493 g/mol.